The molecule has 3 N–H and O–H groups in total. The molecule has 4 nitrogen and oxygen atoms in total. The van der Waals surface area contributed by atoms with E-state index in [9.17, 15) is 12.8 Å². The molecule has 8 heteroatoms. The van der Waals surface area contributed by atoms with Crippen LogP contribution < -0.4 is 10.5 Å². The summed E-state index contributed by atoms with van der Waals surface area (Å²) in [6.07, 6.45) is 0. The van der Waals surface area contributed by atoms with E-state index in [1.807, 2.05) is 0 Å². The topological polar surface area (TPSA) is 72.2 Å². The first-order valence-corrected chi connectivity index (χ1v) is 8.03. The summed E-state index contributed by atoms with van der Waals surface area (Å²) in [5.74, 6) is -0.393. The normalized spacial score (nSPS) is 11.6. The van der Waals surface area contributed by atoms with Crippen molar-refractivity contribution in [2.75, 3.05) is 5.73 Å². The molecule has 2 rings (SSSR count). The first-order valence-electron chi connectivity index (χ1n) is 5.79. The number of nitrogens with one attached hydrogen (secondary N) is 1. The van der Waals surface area contributed by atoms with E-state index in [4.69, 9.17) is 28.9 Å². The van der Waals surface area contributed by atoms with E-state index in [0.717, 1.165) is 0 Å². The highest BCUT2D eigenvalue weighted by atomic mass is 35.5. The largest absolute Gasteiger partial charge is 0.396 e. The van der Waals surface area contributed by atoms with Gasteiger partial charge in [0.15, 0.2) is 0 Å². The minimum atomic E-state index is -3.85. The van der Waals surface area contributed by atoms with Crippen molar-refractivity contribution in [1.82, 2.24) is 4.72 Å². The van der Waals surface area contributed by atoms with Crippen LogP contribution in [0.25, 0.3) is 0 Å². The summed E-state index contributed by atoms with van der Waals surface area (Å²) in [4.78, 5) is -0.159. The quantitative estimate of drug-likeness (QED) is 0.833. The van der Waals surface area contributed by atoms with Crippen molar-refractivity contribution in [2.24, 2.45) is 0 Å². The molecule has 0 heterocycles. The van der Waals surface area contributed by atoms with Gasteiger partial charge in [-0.05, 0) is 29.8 Å². The van der Waals surface area contributed by atoms with Crippen molar-refractivity contribution in [3.63, 3.8) is 0 Å². The van der Waals surface area contributed by atoms with Crippen molar-refractivity contribution in [2.45, 2.75) is 11.4 Å². The molecule has 2 aromatic carbocycles. The number of anilines is 1. The van der Waals surface area contributed by atoms with Crippen LogP contribution in [-0.4, -0.2) is 8.42 Å². The third kappa shape index (κ3) is 3.65. The van der Waals surface area contributed by atoms with Gasteiger partial charge in [0.1, 0.15) is 10.7 Å². The van der Waals surface area contributed by atoms with Gasteiger partial charge in [0.05, 0.1) is 15.7 Å². The Labute approximate surface area is 131 Å². The molecule has 0 aliphatic heterocycles. The molecule has 0 radical (unpaired) electrons. The average Bonchev–Trinajstić information content (AvgIpc) is 2.44. The summed E-state index contributed by atoms with van der Waals surface area (Å²) in [6.45, 7) is 0.00146. The van der Waals surface area contributed by atoms with E-state index >= 15 is 0 Å². The predicted octanol–water partition coefficient (Wildman–Crippen LogP) is 3.19. The van der Waals surface area contributed by atoms with Crippen molar-refractivity contribution in [3.8, 4) is 0 Å². The molecule has 2 aromatic rings. The number of halogens is 3. The lowest BCUT2D eigenvalue weighted by Crippen LogP contribution is -2.23. The fraction of sp³-hybridized carbons (Fsp3) is 0.0769. The Morgan fingerprint density at radius 3 is 2.33 bits per heavy atom. The third-order valence-electron chi connectivity index (χ3n) is 2.76. The van der Waals surface area contributed by atoms with Gasteiger partial charge in [-0.1, -0.05) is 35.3 Å². The standard InChI is InChI=1S/C13H11Cl2FN2O2S/c14-10-5-6-11(12(15)13(10)17)21(19,20)18-7-8-1-3-9(16)4-2-8/h1-6,18H,7,17H2. The van der Waals surface area contributed by atoms with Gasteiger partial charge in [-0.15, -0.1) is 0 Å². The fourth-order valence-electron chi connectivity index (χ4n) is 1.62. The van der Waals surface area contributed by atoms with Crippen LogP contribution in [0.2, 0.25) is 10.0 Å². The van der Waals surface area contributed by atoms with Gasteiger partial charge in [-0.3, -0.25) is 0 Å². The highest BCUT2D eigenvalue weighted by Crippen LogP contribution is 2.32. The zero-order valence-electron chi connectivity index (χ0n) is 10.6. The maximum Gasteiger partial charge on any atom is 0.242 e. The van der Waals surface area contributed by atoms with Crippen LogP contribution in [0.15, 0.2) is 41.3 Å². The Morgan fingerprint density at radius 2 is 1.71 bits per heavy atom. The van der Waals surface area contributed by atoms with E-state index in [1.54, 1.807) is 0 Å². The van der Waals surface area contributed by atoms with E-state index < -0.39 is 15.8 Å². The molecule has 0 spiro atoms. The Bertz CT molecular complexity index is 764. The van der Waals surface area contributed by atoms with E-state index in [0.29, 0.717) is 5.56 Å². The monoisotopic (exact) mass is 348 g/mol. The summed E-state index contributed by atoms with van der Waals surface area (Å²) < 4.78 is 39.5. The lowest BCUT2D eigenvalue weighted by atomic mass is 10.2. The van der Waals surface area contributed by atoms with E-state index in [1.165, 1.54) is 36.4 Å². The number of hydrogen-bond donors (Lipinski definition) is 2. The highest BCUT2D eigenvalue weighted by Gasteiger charge is 2.20. The summed E-state index contributed by atoms with van der Waals surface area (Å²) >= 11 is 11.7. The molecule has 0 atom stereocenters. The van der Waals surface area contributed by atoms with Crippen molar-refractivity contribution >= 4 is 38.9 Å². The molecule has 21 heavy (non-hydrogen) atoms. The van der Waals surface area contributed by atoms with E-state index in [2.05, 4.69) is 4.72 Å². The summed E-state index contributed by atoms with van der Waals surface area (Å²) in [6, 6.07) is 8.09. The second-order valence-corrected chi connectivity index (χ2v) is 6.74. The van der Waals surface area contributed by atoms with Gasteiger partial charge in [-0.2, -0.15) is 0 Å². The summed E-state index contributed by atoms with van der Waals surface area (Å²) in [5.41, 5.74) is 6.22. The van der Waals surface area contributed by atoms with Gasteiger partial charge in [0.25, 0.3) is 0 Å². The lowest BCUT2D eigenvalue weighted by Gasteiger charge is -2.10. The second kappa shape index (κ2) is 6.19. The first-order chi connectivity index (χ1) is 9.81. The summed E-state index contributed by atoms with van der Waals surface area (Å²) in [5, 5.41) is 0.0478. The Kier molecular flexibility index (Phi) is 4.73. The number of nitrogens with two attached hydrogens (primary N) is 1. The minimum Gasteiger partial charge on any atom is -0.396 e. The molecule has 0 amide bonds. The molecule has 0 saturated carbocycles. The second-order valence-electron chi connectivity index (χ2n) is 4.22. The number of sulfonamides is 1. The molecular formula is C13H11Cl2FN2O2S. The molecule has 0 fully saturated rings. The van der Waals surface area contributed by atoms with Crippen LogP contribution in [0.5, 0.6) is 0 Å². The van der Waals surface area contributed by atoms with Crippen LogP contribution >= 0.6 is 23.2 Å². The molecule has 0 saturated heterocycles. The zero-order chi connectivity index (χ0) is 15.6. The Balaban J connectivity index is 2.23. The van der Waals surface area contributed by atoms with Crippen LogP contribution in [0.3, 0.4) is 0 Å². The van der Waals surface area contributed by atoms with Crippen LogP contribution in [0.4, 0.5) is 10.1 Å². The highest BCUT2D eigenvalue weighted by molar-refractivity contribution is 7.89. The van der Waals surface area contributed by atoms with Gasteiger partial charge in [0.2, 0.25) is 10.0 Å². The zero-order valence-corrected chi connectivity index (χ0v) is 12.9. The maximum atomic E-state index is 12.8. The number of rotatable bonds is 4. The molecule has 0 aliphatic carbocycles. The van der Waals surface area contributed by atoms with Gasteiger partial charge in [-0.25, -0.2) is 17.5 Å². The molecule has 112 valence electrons. The molecule has 0 unspecified atom stereocenters. The average molecular weight is 349 g/mol. The number of nitrogen functional groups attached to an aromatic ring is 1. The number of benzene rings is 2. The molecule has 0 aromatic heterocycles. The minimum absolute atomic E-state index is 0.00146. The third-order valence-corrected chi connectivity index (χ3v) is 5.05. The van der Waals surface area contributed by atoms with Crippen molar-refractivity contribution in [3.05, 3.63) is 57.8 Å². The lowest BCUT2D eigenvalue weighted by molar-refractivity contribution is 0.581. The Morgan fingerprint density at radius 1 is 1.10 bits per heavy atom. The van der Waals surface area contributed by atoms with Gasteiger partial charge in [0, 0.05) is 6.54 Å². The SMILES string of the molecule is Nc1c(Cl)ccc(S(=O)(=O)NCc2ccc(F)cc2)c1Cl. The van der Waals surface area contributed by atoms with Crippen molar-refractivity contribution < 1.29 is 12.8 Å². The van der Waals surface area contributed by atoms with Gasteiger partial charge >= 0.3 is 0 Å². The smallest absolute Gasteiger partial charge is 0.242 e. The van der Waals surface area contributed by atoms with E-state index in [-0.39, 0.29) is 27.2 Å². The fourth-order valence-corrected chi connectivity index (χ4v) is 3.40. The summed E-state index contributed by atoms with van der Waals surface area (Å²) in [7, 11) is -3.85. The first kappa shape index (κ1) is 16.0. The Hall–Kier alpha value is -1.34. The number of hydrogen-bond acceptors (Lipinski definition) is 3. The maximum absolute atomic E-state index is 12.8. The molecular weight excluding hydrogens is 338 g/mol. The van der Waals surface area contributed by atoms with Gasteiger partial charge < -0.3 is 5.73 Å². The van der Waals surface area contributed by atoms with Crippen LogP contribution in [0, 0.1) is 5.82 Å². The molecule has 0 aliphatic rings. The predicted molar refractivity (Wildman–Crippen MR) is 81.3 cm³/mol. The molecule has 0 bridgehead atoms. The van der Waals surface area contributed by atoms with Crippen molar-refractivity contribution in [1.29, 1.82) is 0 Å². The van der Waals surface area contributed by atoms with Crippen LogP contribution in [0.1, 0.15) is 5.56 Å². The van der Waals surface area contributed by atoms with Crippen LogP contribution in [-0.2, 0) is 16.6 Å².